The molecule has 0 bridgehead atoms. The summed E-state index contributed by atoms with van der Waals surface area (Å²) < 4.78 is 0. The van der Waals surface area contributed by atoms with Crippen LogP contribution < -0.4 is 16.1 Å². The van der Waals surface area contributed by atoms with Gasteiger partial charge in [-0.1, -0.05) is 67.8 Å². The molecule has 4 amide bonds. The lowest BCUT2D eigenvalue weighted by atomic mass is 9.82. The molecule has 2 fully saturated rings. The van der Waals surface area contributed by atoms with E-state index in [0.29, 0.717) is 12.8 Å². The number of hydrogen-bond donors (Lipinski definition) is 3. The third kappa shape index (κ3) is 3.81. The SMILES string of the molecule is O=C(CNc1ccccc1-c1ccccc1)NN1C(=O)NC2(CCCCC2)C1=O. The van der Waals surface area contributed by atoms with Crippen molar-refractivity contribution in [1.82, 2.24) is 15.8 Å². The van der Waals surface area contributed by atoms with Crippen molar-refractivity contribution in [2.75, 3.05) is 11.9 Å². The molecular weight excluding hydrogens is 368 g/mol. The molecule has 29 heavy (non-hydrogen) atoms. The van der Waals surface area contributed by atoms with Crippen molar-refractivity contribution in [3.63, 3.8) is 0 Å². The average molecular weight is 392 g/mol. The van der Waals surface area contributed by atoms with E-state index in [4.69, 9.17) is 0 Å². The first-order valence-electron chi connectivity index (χ1n) is 9.94. The average Bonchev–Trinajstić information content (AvgIpc) is 2.97. The van der Waals surface area contributed by atoms with Gasteiger partial charge in [0.25, 0.3) is 11.8 Å². The van der Waals surface area contributed by atoms with Crippen LogP contribution in [0.4, 0.5) is 10.5 Å². The molecule has 0 aromatic heterocycles. The molecule has 2 aromatic carbocycles. The second-order valence-electron chi connectivity index (χ2n) is 7.51. The molecular formula is C22H24N4O3. The first-order chi connectivity index (χ1) is 14.1. The van der Waals surface area contributed by atoms with Gasteiger partial charge in [0.15, 0.2) is 0 Å². The topological polar surface area (TPSA) is 90.5 Å². The molecule has 1 spiro atoms. The number of imide groups is 1. The van der Waals surface area contributed by atoms with Crippen LogP contribution in [0.2, 0.25) is 0 Å². The Labute approximate surface area is 169 Å². The van der Waals surface area contributed by atoms with Gasteiger partial charge < -0.3 is 10.6 Å². The highest BCUT2D eigenvalue weighted by Crippen LogP contribution is 2.33. The summed E-state index contributed by atoms with van der Waals surface area (Å²) in [6.45, 7) is -0.0616. The number of para-hydroxylation sites is 1. The van der Waals surface area contributed by atoms with Crippen molar-refractivity contribution < 1.29 is 14.4 Å². The van der Waals surface area contributed by atoms with Gasteiger partial charge in [0.1, 0.15) is 5.54 Å². The van der Waals surface area contributed by atoms with Crippen LogP contribution >= 0.6 is 0 Å². The minimum atomic E-state index is -0.851. The highest BCUT2D eigenvalue weighted by molar-refractivity contribution is 6.08. The van der Waals surface area contributed by atoms with Gasteiger partial charge in [-0.3, -0.25) is 15.0 Å². The lowest BCUT2D eigenvalue weighted by Gasteiger charge is -2.30. The number of anilines is 1. The number of hydrogen-bond acceptors (Lipinski definition) is 4. The summed E-state index contributed by atoms with van der Waals surface area (Å²) in [5, 5.41) is 6.72. The summed E-state index contributed by atoms with van der Waals surface area (Å²) in [6.07, 6.45) is 4.08. The first-order valence-corrected chi connectivity index (χ1v) is 9.94. The fraction of sp³-hybridized carbons (Fsp3) is 0.318. The summed E-state index contributed by atoms with van der Waals surface area (Å²) in [5.74, 6) is -0.815. The van der Waals surface area contributed by atoms with Crippen LogP contribution in [0, 0.1) is 0 Å². The molecule has 2 aliphatic rings. The van der Waals surface area contributed by atoms with E-state index < -0.39 is 17.5 Å². The number of benzene rings is 2. The van der Waals surface area contributed by atoms with Gasteiger partial charge in [0, 0.05) is 11.3 Å². The van der Waals surface area contributed by atoms with E-state index in [0.717, 1.165) is 41.1 Å². The highest BCUT2D eigenvalue weighted by Gasteiger charge is 2.52. The van der Waals surface area contributed by atoms with E-state index >= 15 is 0 Å². The van der Waals surface area contributed by atoms with E-state index in [9.17, 15) is 14.4 Å². The van der Waals surface area contributed by atoms with Gasteiger partial charge in [0.05, 0.1) is 6.54 Å². The van der Waals surface area contributed by atoms with Crippen LogP contribution in [0.1, 0.15) is 32.1 Å². The van der Waals surface area contributed by atoms with Crippen molar-refractivity contribution in [2.24, 2.45) is 0 Å². The summed E-state index contributed by atoms with van der Waals surface area (Å²) in [6, 6.07) is 17.0. The van der Waals surface area contributed by atoms with Crippen LogP contribution in [0.25, 0.3) is 11.1 Å². The maximum Gasteiger partial charge on any atom is 0.344 e. The Balaban J connectivity index is 1.40. The summed E-state index contributed by atoms with van der Waals surface area (Å²) in [4.78, 5) is 37.4. The van der Waals surface area contributed by atoms with E-state index in [-0.39, 0.29) is 12.5 Å². The quantitative estimate of drug-likeness (QED) is 0.682. The fourth-order valence-electron chi connectivity index (χ4n) is 4.06. The number of nitrogens with zero attached hydrogens (tertiary/aromatic N) is 1. The molecule has 0 unspecified atom stereocenters. The Bertz CT molecular complexity index is 923. The minimum absolute atomic E-state index is 0.0616. The number of hydrazine groups is 1. The van der Waals surface area contributed by atoms with Crippen LogP contribution in [-0.4, -0.2) is 34.9 Å². The fourth-order valence-corrected chi connectivity index (χ4v) is 4.06. The molecule has 1 saturated carbocycles. The number of carbonyl (C=O) groups excluding carboxylic acids is 3. The Hall–Kier alpha value is -3.35. The lowest BCUT2D eigenvalue weighted by molar-refractivity contribution is -0.139. The molecule has 3 N–H and O–H groups in total. The van der Waals surface area contributed by atoms with Gasteiger partial charge in [-0.2, -0.15) is 5.01 Å². The zero-order valence-corrected chi connectivity index (χ0v) is 16.1. The van der Waals surface area contributed by atoms with E-state index in [1.807, 2.05) is 54.6 Å². The molecule has 4 rings (SSSR count). The summed E-state index contributed by atoms with van der Waals surface area (Å²) in [5.41, 5.74) is 4.40. The summed E-state index contributed by atoms with van der Waals surface area (Å²) >= 11 is 0. The first kappa shape index (κ1) is 19.0. The zero-order valence-electron chi connectivity index (χ0n) is 16.1. The normalized spacial score (nSPS) is 17.9. The molecule has 0 atom stereocenters. The van der Waals surface area contributed by atoms with Gasteiger partial charge >= 0.3 is 6.03 Å². The van der Waals surface area contributed by atoms with Gasteiger partial charge in [-0.15, -0.1) is 0 Å². The number of urea groups is 1. The predicted octanol–water partition coefficient (Wildman–Crippen LogP) is 3.05. The summed E-state index contributed by atoms with van der Waals surface area (Å²) in [7, 11) is 0. The van der Waals surface area contributed by atoms with Gasteiger partial charge in [0.2, 0.25) is 0 Å². The van der Waals surface area contributed by atoms with E-state index in [1.165, 1.54) is 0 Å². The highest BCUT2D eigenvalue weighted by atomic mass is 16.2. The third-order valence-electron chi connectivity index (χ3n) is 5.56. The van der Waals surface area contributed by atoms with Crippen molar-refractivity contribution >= 4 is 23.5 Å². The van der Waals surface area contributed by atoms with Crippen molar-refractivity contribution in [3.05, 3.63) is 54.6 Å². The van der Waals surface area contributed by atoms with Crippen molar-refractivity contribution in [1.29, 1.82) is 0 Å². The number of carbonyl (C=O) groups is 3. The monoisotopic (exact) mass is 392 g/mol. The Morgan fingerprint density at radius 3 is 2.41 bits per heavy atom. The minimum Gasteiger partial charge on any atom is -0.376 e. The lowest BCUT2D eigenvalue weighted by Crippen LogP contribution is -2.51. The third-order valence-corrected chi connectivity index (χ3v) is 5.56. The van der Waals surface area contributed by atoms with Crippen LogP contribution in [0.5, 0.6) is 0 Å². The standard InChI is InChI=1S/C22H24N4O3/c27-19(25-26-20(28)22(24-21(26)29)13-7-2-8-14-22)15-23-18-12-6-5-11-17(18)16-9-3-1-4-10-16/h1,3-6,9-12,23H,2,7-8,13-15H2,(H,24,29)(H,25,27). The molecule has 2 aromatic rings. The predicted molar refractivity (Wildman–Crippen MR) is 110 cm³/mol. The van der Waals surface area contributed by atoms with Gasteiger partial charge in [-0.05, 0) is 24.5 Å². The number of amides is 4. The molecule has 1 saturated heterocycles. The van der Waals surface area contributed by atoms with Crippen LogP contribution in [-0.2, 0) is 9.59 Å². The van der Waals surface area contributed by atoms with E-state index in [1.54, 1.807) is 0 Å². The second kappa shape index (κ2) is 7.95. The smallest absolute Gasteiger partial charge is 0.344 e. The molecule has 0 radical (unpaired) electrons. The molecule has 1 aliphatic heterocycles. The van der Waals surface area contributed by atoms with E-state index in [2.05, 4.69) is 16.1 Å². The maximum absolute atomic E-state index is 12.7. The molecule has 7 nitrogen and oxygen atoms in total. The van der Waals surface area contributed by atoms with Crippen molar-refractivity contribution in [3.8, 4) is 11.1 Å². The Kier molecular flexibility index (Phi) is 5.20. The number of rotatable bonds is 5. The molecule has 1 aliphatic carbocycles. The largest absolute Gasteiger partial charge is 0.376 e. The molecule has 7 heteroatoms. The van der Waals surface area contributed by atoms with Gasteiger partial charge in [-0.25, -0.2) is 4.79 Å². The Morgan fingerprint density at radius 1 is 0.966 bits per heavy atom. The zero-order chi connectivity index (χ0) is 20.3. The van der Waals surface area contributed by atoms with Crippen molar-refractivity contribution in [2.45, 2.75) is 37.6 Å². The van der Waals surface area contributed by atoms with Crippen LogP contribution in [0.15, 0.2) is 54.6 Å². The Morgan fingerprint density at radius 2 is 1.66 bits per heavy atom. The second-order valence-corrected chi connectivity index (χ2v) is 7.51. The molecule has 150 valence electrons. The number of nitrogens with one attached hydrogen (secondary N) is 3. The van der Waals surface area contributed by atoms with Crippen LogP contribution in [0.3, 0.4) is 0 Å². The molecule has 1 heterocycles. The maximum atomic E-state index is 12.7.